The predicted octanol–water partition coefficient (Wildman–Crippen LogP) is 3.52. The van der Waals surface area contributed by atoms with Crippen molar-refractivity contribution in [1.82, 2.24) is 14.3 Å². The number of nitrogens with one attached hydrogen (secondary N) is 1. The lowest BCUT2D eigenvalue weighted by atomic mass is 10.3. The first-order valence-electron chi connectivity index (χ1n) is 9.94. The Morgan fingerprint density at radius 2 is 2.07 bits per heavy atom. The Morgan fingerprint density at radius 1 is 1.30 bits per heavy atom. The van der Waals surface area contributed by atoms with Gasteiger partial charge < -0.3 is 14.6 Å². The fraction of sp³-hybridized carbons (Fsp3) is 0.429. The van der Waals surface area contributed by atoms with Crippen LogP contribution in [-0.4, -0.2) is 39.4 Å². The van der Waals surface area contributed by atoms with Crippen LogP contribution in [0.15, 0.2) is 29.3 Å². The highest BCUT2D eigenvalue weighted by atomic mass is 32.1. The number of fused-ring (bicyclic) bond motifs is 1. The third-order valence-corrected chi connectivity index (χ3v) is 5.47. The second-order valence-electron chi connectivity index (χ2n) is 7.22. The lowest BCUT2D eigenvalue weighted by molar-refractivity contribution is -0.114. The van der Waals surface area contributed by atoms with E-state index in [-0.39, 0.29) is 17.9 Å². The summed E-state index contributed by atoms with van der Waals surface area (Å²) in [5.41, 5.74) is 2.89. The molecule has 0 saturated carbocycles. The Bertz CT molecular complexity index is 1140. The van der Waals surface area contributed by atoms with Crippen molar-refractivity contribution in [2.45, 2.75) is 47.2 Å². The number of hydrogen-bond donors (Lipinski definition) is 1. The van der Waals surface area contributed by atoms with Crippen LogP contribution < -0.4 is 10.1 Å². The number of carbonyl (C=O) groups is 2. The summed E-state index contributed by atoms with van der Waals surface area (Å²) in [4.78, 5) is 29.4. The molecule has 160 valence electrons. The topological polar surface area (TPSA) is 90.5 Å². The number of amides is 2. The standard InChI is InChI=1S/C21H27N5O3S/c1-6-29-10-9-25-17-8-7-16(22-15(5)27)12-19(17)30-21(25)23-20(28)18-11-14(4)24-26(18)13(2)3/h7-8,11-13H,6,9-10H2,1-5H3,(H,22,27). The van der Waals surface area contributed by atoms with Crippen LogP contribution in [0.2, 0.25) is 0 Å². The zero-order valence-electron chi connectivity index (χ0n) is 17.9. The summed E-state index contributed by atoms with van der Waals surface area (Å²) in [5, 5.41) is 7.20. The molecule has 1 N–H and O–H groups in total. The van der Waals surface area contributed by atoms with Crippen molar-refractivity contribution in [3.63, 3.8) is 0 Å². The molecule has 0 spiro atoms. The zero-order valence-corrected chi connectivity index (χ0v) is 18.7. The number of benzene rings is 1. The van der Waals surface area contributed by atoms with E-state index in [1.165, 1.54) is 18.3 Å². The van der Waals surface area contributed by atoms with Crippen LogP contribution in [0.4, 0.5) is 5.69 Å². The highest BCUT2D eigenvalue weighted by Gasteiger charge is 2.17. The first-order valence-corrected chi connectivity index (χ1v) is 10.8. The maximum absolute atomic E-state index is 13.0. The molecule has 0 fully saturated rings. The molecule has 3 aromatic rings. The minimum absolute atomic E-state index is 0.0561. The fourth-order valence-electron chi connectivity index (χ4n) is 3.17. The van der Waals surface area contributed by atoms with E-state index in [0.29, 0.717) is 35.9 Å². The molecule has 2 amide bonds. The van der Waals surface area contributed by atoms with Crippen molar-refractivity contribution >= 4 is 39.1 Å². The second kappa shape index (κ2) is 9.36. The highest BCUT2D eigenvalue weighted by Crippen LogP contribution is 2.22. The van der Waals surface area contributed by atoms with Crippen LogP contribution in [0.5, 0.6) is 0 Å². The molecule has 0 saturated heterocycles. The van der Waals surface area contributed by atoms with Gasteiger partial charge >= 0.3 is 0 Å². The molecule has 1 aromatic carbocycles. The van der Waals surface area contributed by atoms with Gasteiger partial charge in [0.15, 0.2) is 4.80 Å². The van der Waals surface area contributed by atoms with Crippen LogP contribution in [0.1, 0.15) is 49.9 Å². The highest BCUT2D eigenvalue weighted by molar-refractivity contribution is 7.16. The third kappa shape index (κ3) is 4.85. The molecule has 0 radical (unpaired) electrons. The molecule has 0 aliphatic heterocycles. The summed E-state index contributed by atoms with van der Waals surface area (Å²) < 4.78 is 10.1. The summed E-state index contributed by atoms with van der Waals surface area (Å²) >= 11 is 1.41. The van der Waals surface area contributed by atoms with Crippen molar-refractivity contribution in [2.75, 3.05) is 18.5 Å². The molecule has 2 aromatic heterocycles. The van der Waals surface area contributed by atoms with Gasteiger partial charge in [0.05, 0.1) is 22.5 Å². The first-order chi connectivity index (χ1) is 14.3. The number of aromatic nitrogens is 3. The van der Waals surface area contributed by atoms with Gasteiger partial charge in [0.2, 0.25) is 5.91 Å². The zero-order chi connectivity index (χ0) is 21.8. The molecule has 3 rings (SSSR count). The van der Waals surface area contributed by atoms with Crippen molar-refractivity contribution in [3.05, 3.63) is 40.5 Å². The fourth-order valence-corrected chi connectivity index (χ4v) is 4.26. The lowest BCUT2D eigenvalue weighted by Gasteiger charge is -2.08. The summed E-state index contributed by atoms with van der Waals surface area (Å²) in [5.74, 6) is -0.462. The van der Waals surface area contributed by atoms with E-state index in [0.717, 1.165) is 15.9 Å². The molecule has 30 heavy (non-hydrogen) atoms. The van der Waals surface area contributed by atoms with Crippen LogP contribution in [0.3, 0.4) is 0 Å². The number of nitrogens with zero attached hydrogens (tertiary/aromatic N) is 4. The van der Waals surface area contributed by atoms with Gasteiger partial charge in [0, 0.05) is 31.8 Å². The van der Waals surface area contributed by atoms with E-state index in [2.05, 4.69) is 15.4 Å². The molecule has 8 nitrogen and oxygen atoms in total. The SMILES string of the molecule is CCOCCn1c(=NC(=O)c2cc(C)nn2C(C)C)sc2cc(NC(C)=O)ccc21. The minimum Gasteiger partial charge on any atom is -0.380 e. The van der Waals surface area contributed by atoms with Gasteiger partial charge in [0.25, 0.3) is 5.91 Å². The summed E-state index contributed by atoms with van der Waals surface area (Å²) in [6.07, 6.45) is 0. The number of hydrogen-bond acceptors (Lipinski definition) is 5. The molecule has 0 atom stereocenters. The number of aryl methyl sites for hydroxylation is 1. The Morgan fingerprint density at radius 3 is 2.73 bits per heavy atom. The maximum atomic E-state index is 13.0. The van der Waals surface area contributed by atoms with Gasteiger partial charge in [-0.1, -0.05) is 11.3 Å². The van der Waals surface area contributed by atoms with Crippen LogP contribution in [0.25, 0.3) is 10.2 Å². The van der Waals surface area contributed by atoms with Gasteiger partial charge in [-0.2, -0.15) is 10.1 Å². The second-order valence-corrected chi connectivity index (χ2v) is 8.23. The number of carbonyl (C=O) groups excluding carboxylic acids is 2. The average molecular weight is 430 g/mol. The normalized spacial score (nSPS) is 12.1. The Labute approximate surface area is 179 Å². The lowest BCUT2D eigenvalue weighted by Crippen LogP contribution is -2.21. The Balaban J connectivity index is 2.09. The molecule has 0 bridgehead atoms. The molecular formula is C21H27N5O3S. The number of anilines is 1. The van der Waals surface area contributed by atoms with Gasteiger partial charge in [-0.25, -0.2) is 0 Å². The monoisotopic (exact) mass is 429 g/mol. The largest absolute Gasteiger partial charge is 0.380 e. The van der Waals surface area contributed by atoms with Gasteiger partial charge in [-0.3, -0.25) is 14.3 Å². The summed E-state index contributed by atoms with van der Waals surface area (Å²) in [7, 11) is 0. The van der Waals surface area contributed by atoms with E-state index in [1.807, 2.05) is 50.5 Å². The van der Waals surface area contributed by atoms with Crippen molar-refractivity contribution in [1.29, 1.82) is 0 Å². The van der Waals surface area contributed by atoms with Crippen LogP contribution in [-0.2, 0) is 16.1 Å². The van der Waals surface area contributed by atoms with Gasteiger partial charge in [0.1, 0.15) is 5.69 Å². The van der Waals surface area contributed by atoms with E-state index < -0.39 is 0 Å². The van der Waals surface area contributed by atoms with Crippen LogP contribution in [0, 0.1) is 6.92 Å². The summed E-state index contributed by atoms with van der Waals surface area (Å²) in [6, 6.07) is 7.48. The molecular weight excluding hydrogens is 402 g/mol. The smallest absolute Gasteiger partial charge is 0.297 e. The average Bonchev–Trinajstić information content (AvgIpc) is 3.22. The predicted molar refractivity (Wildman–Crippen MR) is 118 cm³/mol. The van der Waals surface area contributed by atoms with Gasteiger partial charge in [-0.15, -0.1) is 0 Å². The Kier molecular flexibility index (Phi) is 6.84. The molecule has 2 heterocycles. The van der Waals surface area contributed by atoms with E-state index in [1.54, 1.807) is 10.7 Å². The van der Waals surface area contributed by atoms with Crippen molar-refractivity contribution in [2.24, 2.45) is 4.99 Å². The summed E-state index contributed by atoms with van der Waals surface area (Å²) in [6.45, 7) is 10.9. The van der Waals surface area contributed by atoms with Gasteiger partial charge in [-0.05, 0) is 52.0 Å². The van der Waals surface area contributed by atoms with E-state index >= 15 is 0 Å². The van der Waals surface area contributed by atoms with E-state index in [4.69, 9.17) is 4.74 Å². The number of thiazole rings is 1. The Hall–Kier alpha value is -2.78. The number of ether oxygens (including phenoxy) is 1. The molecule has 0 aliphatic rings. The van der Waals surface area contributed by atoms with Crippen molar-refractivity contribution < 1.29 is 14.3 Å². The maximum Gasteiger partial charge on any atom is 0.297 e. The molecule has 9 heteroatoms. The van der Waals surface area contributed by atoms with Crippen LogP contribution >= 0.6 is 11.3 Å². The third-order valence-electron chi connectivity index (χ3n) is 4.43. The number of rotatable bonds is 7. The molecule has 0 aliphatic carbocycles. The van der Waals surface area contributed by atoms with Crippen molar-refractivity contribution in [3.8, 4) is 0 Å². The quantitative estimate of drug-likeness (QED) is 0.582. The molecule has 0 unspecified atom stereocenters. The van der Waals surface area contributed by atoms with E-state index in [9.17, 15) is 9.59 Å². The minimum atomic E-state index is -0.330. The first kappa shape index (κ1) is 21.9.